The van der Waals surface area contributed by atoms with Gasteiger partial charge in [-0.25, -0.2) is 0 Å². The number of carbonyl (C=O) groups is 1. The van der Waals surface area contributed by atoms with Crippen molar-refractivity contribution in [3.63, 3.8) is 0 Å². The molecule has 3 nitrogen and oxygen atoms in total. The Kier molecular flexibility index (Phi) is 7.08. The van der Waals surface area contributed by atoms with E-state index in [1.807, 2.05) is 13.8 Å². The van der Waals surface area contributed by atoms with Crippen LogP contribution in [0.1, 0.15) is 105 Å². The van der Waals surface area contributed by atoms with E-state index in [0.29, 0.717) is 29.1 Å². The van der Waals surface area contributed by atoms with Crippen LogP contribution in [0.25, 0.3) is 0 Å². The van der Waals surface area contributed by atoms with Crippen LogP contribution in [-0.4, -0.2) is 22.3 Å². The molecule has 2 N–H and O–H groups in total. The molecule has 0 saturated heterocycles. The van der Waals surface area contributed by atoms with Gasteiger partial charge in [0.15, 0.2) is 0 Å². The highest BCUT2D eigenvalue weighted by Gasteiger charge is 2.60. The van der Waals surface area contributed by atoms with Gasteiger partial charge in [-0.1, -0.05) is 34.6 Å². The molecule has 168 valence electrons. The van der Waals surface area contributed by atoms with Crippen molar-refractivity contribution in [3.8, 4) is 0 Å². The number of hydrogen-bond acceptors (Lipinski definition) is 2. The maximum atomic E-state index is 11.0. The SMILES string of the molecule is CC.C[C@H](CCC(=O)O)C1CC[C@H]2C3CCC4C[C@H](O)CC[C@]4(C)[C@H]3CCC12C. The van der Waals surface area contributed by atoms with E-state index in [2.05, 4.69) is 20.8 Å². The van der Waals surface area contributed by atoms with Gasteiger partial charge in [0.25, 0.3) is 0 Å². The summed E-state index contributed by atoms with van der Waals surface area (Å²) in [7, 11) is 0. The highest BCUT2D eigenvalue weighted by atomic mass is 16.4. The van der Waals surface area contributed by atoms with Crippen molar-refractivity contribution >= 4 is 5.97 Å². The normalized spacial score (nSPS) is 47.1. The molecule has 4 unspecified atom stereocenters. The third-order valence-electron chi connectivity index (χ3n) is 10.2. The lowest BCUT2D eigenvalue weighted by Gasteiger charge is -2.61. The van der Waals surface area contributed by atoms with Gasteiger partial charge in [-0.15, -0.1) is 0 Å². The first-order chi connectivity index (χ1) is 13.8. The predicted octanol–water partition coefficient (Wildman–Crippen LogP) is 6.53. The van der Waals surface area contributed by atoms with Gasteiger partial charge in [0.1, 0.15) is 0 Å². The molecule has 3 heteroatoms. The molecule has 0 aromatic carbocycles. The number of rotatable bonds is 4. The van der Waals surface area contributed by atoms with Gasteiger partial charge in [0.05, 0.1) is 6.10 Å². The molecular weight excluding hydrogens is 360 g/mol. The number of fused-ring (bicyclic) bond motifs is 5. The van der Waals surface area contributed by atoms with Crippen molar-refractivity contribution in [3.05, 3.63) is 0 Å². The first kappa shape index (κ1) is 23.1. The van der Waals surface area contributed by atoms with Gasteiger partial charge in [-0.2, -0.15) is 0 Å². The average Bonchev–Trinajstić information content (AvgIpc) is 3.05. The fraction of sp³-hybridized carbons (Fsp3) is 0.962. The summed E-state index contributed by atoms with van der Waals surface area (Å²) in [5.41, 5.74) is 0.882. The molecule has 0 aromatic heterocycles. The summed E-state index contributed by atoms with van der Waals surface area (Å²) in [6.45, 7) is 11.4. The molecule has 0 amide bonds. The smallest absolute Gasteiger partial charge is 0.303 e. The van der Waals surface area contributed by atoms with Gasteiger partial charge < -0.3 is 10.2 Å². The lowest BCUT2D eigenvalue weighted by molar-refractivity contribution is -0.138. The summed E-state index contributed by atoms with van der Waals surface area (Å²) in [5, 5.41) is 19.3. The van der Waals surface area contributed by atoms with Gasteiger partial charge in [0, 0.05) is 6.42 Å². The second kappa shape index (κ2) is 8.89. The molecule has 4 aliphatic carbocycles. The van der Waals surface area contributed by atoms with E-state index in [4.69, 9.17) is 5.11 Å². The zero-order valence-corrected chi connectivity index (χ0v) is 19.6. The summed E-state index contributed by atoms with van der Waals surface area (Å²) in [6.07, 6.45) is 12.4. The molecule has 0 heterocycles. The molecule has 4 aliphatic rings. The van der Waals surface area contributed by atoms with Crippen LogP contribution in [0.15, 0.2) is 0 Å². The zero-order valence-electron chi connectivity index (χ0n) is 19.6. The summed E-state index contributed by atoms with van der Waals surface area (Å²) in [4.78, 5) is 11.0. The van der Waals surface area contributed by atoms with E-state index in [9.17, 15) is 9.90 Å². The van der Waals surface area contributed by atoms with E-state index >= 15 is 0 Å². The van der Waals surface area contributed by atoms with E-state index in [-0.39, 0.29) is 6.10 Å². The monoisotopic (exact) mass is 406 g/mol. The van der Waals surface area contributed by atoms with Crippen LogP contribution >= 0.6 is 0 Å². The van der Waals surface area contributed by atoms with Crippen LogP contribution in [0.4, 0.5) is 0 Å². The summed E-state index contributed by atoms with van der Waals surface area (Å²) < 4.78 is 0. The average molecular weight is 407 g/mol. The molecule has 4 fully saturated rings. The number of aliphatic hydroxyl groups is 1. The predicted molar refractivity (Wildman–Crippen MR) is 119 cm³/mol. The molecule has 0 bridgehead atoms. The topological polar surface area (TPSA) is 57.5 Å². The Hall–Kier alpha value is -0.570. The number of carboxylic acid groups (broad SMARTS) is 1. The number of carboxylic acids is 1. The number of hydrogen-bond donors (Lipinski definition) is 2. The van der Waals surface area contributed by atoms with Crippen LogP contribution in [0, 0.1) is 46.3 Å². The van der Waals surface area contributed by atoms with E-state index in [0.717, 1.165) is 42.9 Å². The molecule has 0 aliphatic heterocycles. The van der Waals surface area contributed by atoms with Crippen LogP contribution < -0.4 is 0 Å². The number of aliphatic hydroxyl groups excluding tert-OH is 1. The molecule has 29 heavy (non-hydrogen) atoms. The standard InChI is InChI=1S/C24H40O3.C2H6/c1-15(4-9-22(26)27)19-7-8-20-18-6-5-16-14-17(25)10-12-23(16,2)21(18)11-13-24(19,20)3;1-2/h15-21,25H,4-14H2,1-3H3,(H,26,27);1-2H3/t15-,16?,17-,18?,19?,20+,21+,23+,24?;/m1./s1. The molecule has 4 rings (SSSR count). The van der Waals surface area contributed by atoms with E-state index in [1.54, 1.807) is 0 Å². The van der Waals surface area contributed by atoms with Crippen molar-refractivity contribution in [2.75, 3.05) is 0 Å². The highest BCUT2D eigenvalue weighted by molar-refractivity contribution is 5.66. The Morgan fingerprint density at radius 2 is 1.62 bits per heavy atom. The first-order valence-corrected chi connectivity index (χ1v) is 12.7. The van der Waals surface area contributed by atoms with Crippen LogP contribution in [-0.2, 0) is 4.79 Å². The minimum atomic E-state index is -0.643. The third-order valence-corrected chi connectivity index (χ3v) is 10.2. The molecular formula is C26H46O3. The van der Waals surface area contributed by atoms with Crippen LogP contribution in [0.3, 0.4) is 0 Å². The molecule has 0 aromatic rings. The molecule has 4 saturated carbocycles. The number of aliphatic carboxylic acids is 1. The van der Waals surface area contributed by atoms with Crippen molar-refractivity contribution in [1.82, 2.24) is 0 Å². The highest BCUT2D eigenvalue weighted by Crippen LogP contribution is 2.68. The van der Waals surface area contributed by atoms with E-state index in [1.165, 1.54) is 44.9 Å². The lowest BCUT2D eigenvalue weighted by atomic mass is 9.44. The Balaban J connectivity index is 0.00000117. The van der Waals surface area contributed by atoms with Crippen LogP contribution in [0.2, 0.25) is 0 Å². The largest absolute Gasteiger partial charge is 0.481 e. The first-order valence-electron chi connectivity index (χ1n) is 12.7. The third kappa shape index (κ3) is 4.02. The van der Waals surface area contributed by atoms with Crippen molar-refractivity contribution < 1.29 is 15.0 Å². The second-order valence-corrected chi connectivity index (χ2v) is 11.2. The van der Waals surface area contributed by atoms with E-state index < -0.39 is 5.97 Å². The maximum absolute atomic E-state index is 11.0. The van der Waals surface area contributed by atoms with Crippen LogP contribution in [0.5, 0.6) is 0 Å². The molecule has 0 radical (unpaired) electrons. The minimum Gasteiger partial charge on any atom is -0.481 e. The summed E-state index contributed by atoms with van der Waals surface area (Å²) in [5.74, 6) is 3.91. The minimum absolute atomic E-state index is 0.0561. The fourth-order valence-electron chi connectivity index (χ4n) is 8.76. The second-order valence-electron chi connectivity index (χ2n) is 11.2. The Morgan fingerprint density at radius 3 is 2.31 bits per heavy atom. The maximum Gasteiger partial charge on any atom is 0.303 e. The Labute approximate surface area is 179 Å². The van der Waals surface area contributed by atoms with Gasteiger partial charge in [-0.3, -0.25) is 4.79 Å². The zero-order chi connectivity index (χ0) is 21.4. The van der Waals surface area contributed by atoms with Crippen molar-refractivity contribution in [1.29, 1.82) is 0 Å². The fourth-order valence-corrected chi connectivity index (χ4v) is 8.76. The molecule has 0 spiro atoms. The van der Waals surface area contributed by atoms with Gasteiger partial charge >= 0.3 is 5.97 Å². The quantitative estimate of drug-likeness (QED) is 0.558. The summed E-state index contributed by atoms with van der Waals surface area (Å²) in [6, 6.07) is 0. The van der Waals surface area contributed by atoms with Crippen molar-refractivity contribution in [2.24, 2.45) is 46.3 Å². The van der Waals surface area contributed by atoms with Crippen molar-refractivity contribution in [2.45, 2.75) is 111 Å². The van der Waals surface area contributed by atoms with Gasteiger partial charge in [0.2, 0.25) is 0 Å². The van der Waals surface area contributed by atoms with Gasteiger partial charge in [-0.05, 0) is 111 Å². The summed E-state index contributed by atoms with van der Waals surface area (Å²) >= 11 is 0. The Morgan fingerprint density at radius 1 is 0.966 bits per heavy atom. The Bertz CT molecular complexity index is 574. The molecule has 9 atom stereocenters. The lowest BCUT2D eigenvalue weighted by Crippen LogP contribution is -2.54.